The van der Waals surface area contributed by atoms with Crippen molar-refractivity contribution in [3.8, 4) is 0 Å². The summed E-state index contributed by atoms with van der Waals surface area (Å²) in [5.74, 6) is -0.850. The Labute approximate surface area is 178 Å². The van der Waals surface area contributed by atoms with Gasteiger partial charge in [-0.15, -0.1) is 0 Å². The maximum Gasteiger partial charge on any atom is 0.264 e. The van der Waals surface area contributed by atoms with Crippen LogP contribution in [0.5, 0.6) is 0 Å². The van der Waals surface area contributed by atoms with Crippen LogP contribution >= 0.6 is 23.2 Å². The average molecular weight is 426 g/mol. The molecule has 4 rings (SSSR count). The molecular formula is C23H17Cl2NO3. The van der Waals surface area contributed by atoms with Gasteiger partial charge in [-0.3, -0.25) is 9.59 Å². The number of carbonyl (C=O) groups is 2. The number of anilines is 1. The minimum atomic E-state index is -1.93. The highest BCUT2D eigenvalue weighted by Crippen LogP contribution is 2.44. The normalized spacial score (nSPS) is 18.0. The van der Waals surface area contributed by atoms with Crippen LogP contribution in [-0.4, -0.2) is 16.8 Å². The monoisotopic (exact) mass is 425 g/mol. The second kappa shape index (κ2) is 7.64. The number of hydrogen-bond donors (Lipinski definition) is 1. The number of para-hydroxylation sites is 1. The van der Waals surface area contributed by atoms with E-state index in [2.05, 4.69) is 0 Å². The van der Waals surface area contributed by atoms with E-state index in [9.17, 15) is 14.7 Å². The zero-order chi connectivity index (χ0) is 20.6. The molecule has 0 unspecified atom stereocenters. The van der Waals surface area contributed by atoms with Gasteiger partial charge in [0.15, 0.2) is 11.4 Å². The molecule has 1 heterocycles. The number of benzene rings is 3. The lowest BCUT2D eigenvalue weighted by Crippen LogP contribution is -2.41. The van der Waals surface area contributed by atoms with Gasteiger partial charge in [0.2, 0.25) is 0 Å². The van der Waals surface area contributed by atoms with Crippen LogP contribution < -0.4 is 4.90 Å². The van der Waals surface area contributed by atoms with Crippen molar-refractivity contribution in [1.29, 1.82) is 0 Å². The minimum absolute atomic E-state index is 0.160. The fourth-order valence-corrected chi connectivity index (χ4v) is 4.08. The molecular weight excluding hydrogens is 409 g/mol. The van der Waals surface area contributed by atoms with E-state index in [1.165, 1.54) is 4.90 Å². The Bertz CT molecular complexity index is 1100. The van der Waals surface area contributed by atoms with Crippen LogP contribution in [0.4, 0.5) is 5.69 Å². The number of ketones is 1. The fraction of sp³-hybridized carbons (Fsp3) is 0.130. The van der Waals surface area contributed by atoms with E-state index < -0.39 is 11.5 Å². The van der Waals surface area contributed by atoms with Gasteiger partial charge in [0.25, 0.3) is 5.91 Å². The third-order valence-corrected chi connectivity index (χ3v) is 5.68. The van der Waals surface area contributed by atoms with Gasteiger partial charge in [0.05, 0.1) is 18.7 Å². The highest BCUT2D eigenvalue weighted by Gasteiger charge is 2.50. The molecule has 1 amide bonds. The SMILES string of the molecule is O=C(C[C@@]1(O)C(=O)N(Cc2ccc(Cl)cc2Cl)c2ccccc21)c1ccccc1. The van der Waals surface area contributed by atoms with Crippen molar-refractivity contribution in [2.75, 3.05) is 4.90 Å². The molecule has 1 N–H and O–H groups in total. The van der Waals surface area contributed by atoms with E-state index >= 15 is 0 Å². The summed E-state index contributed by atoms with van der Waals surface area (Å²) in [5.41, 5.74) is 0.192. The van der Waals surface area contributed by atoms with Gasteiger partial charge in [-0.05, 0) is 23.8 Å². The van der Waals surface area contributed by atoms with E-state index in [4.69, 9.17) is 23.2 Å². The summed E-state index contributed by atoms with van der Waals surface area (Å²) in [7, 11) is 0. The van der Waals surface area contributed by atoms with Gasteiger partial charge in [0, 0.05) is 21.2 Å². The predicted molar refractivity (Wildman–Crippen MR) is 113 cm³/mol. The Morgan fingerprint density at radius 3 is 2.38 bits per heavy atom. The van der Waals surface area contributed by atoms with Crippen molar-refractivity contribution >= 4 is 40.6 Å². The molecule has 3 aromatic rings. The Balaban J connectivity index is 1.69. The third kappa shape index (κ3) is 3.55. The van der Waals surface area contributed by atoms with E-state index in [0.717, 1.165) is 0 Å². The highest BCUT2D eigenvalue weighted by molar-refractivity contribution is 6.35. The molecule has 146 valence electrons. The van der Waals surface area contributed by atoms with Gasteiger partial charge in [-0.25, -0.2) is 0 Å². The first-order chi connectivity index (χ1) is 13.9. The first kappa shape index (κ1) is 19.6. The smallest absolute Gasteiger partial charge is 0.264 e. The number of hydrogen-bond acceptors (Lipinski definition) is 3. The molecule has 1 aliphatic heterocycles. The van der Waals surface area contributed by atoms with E-state index in [1.807, 2.05) is 0 Å². The van der Waals surface area contributed by atoms with Crippen molar-refractivity contribution in [3.63, 3.8) is 0 Å². The van der Waals surface area contributed by atoms with Crippen LogP contribution in [0.1, 0.15) is 27.9 Å². The molecule has 0 aromatic heterocycles. The summed E-state index contributed by atoms with van der Waals surface area (Å²) in [6, 6.07) is 20.6. The maximum atomic E-state index is 13.3. The molecule has 3 aromatic carbocycles. The van der Waals surface area contributed by atoms with Crippen LogP contribution in [-0.2, 0) is 16.9 Å². The van der Waals surface area contributed by atoms with Gasteiger partial charge in [0.1, 0.15) is 0 Å². The maximum absolute atomic E-state index is 13.3. The topological polar surface area (TPSA) is 57.6 Å². The quantitative estimate of drug-likeness (QED) is 0.585. The zero-order valence-electron chi connectivity index (χ0n) is 15.3. The molecule has 29 heavy (non-hydrogen) atoms. The molecule has 0 fully saturated rings. The van der Waals surface area contributed by atoms with E-state index in [1.54, 1.807) is 72.8 Å². The number of nitrogens with zero attached hydrogens (tertiary/aromatic N) is 1. The molecule has 0 bridgehead atoms. The van der Waals surface area contributed by atoms with Crippen molar-refractivity contribution in [2.24, 2.45) is 0 Å². The number of aliphatic hydroxyl groups is 1. The van der Waals surface area contributed by atoms with Crippen molar-refractivity contribution in [2.45, 2.75) is 18.6 Å². The predicted octanol–water partition coefficient (Wildman–Crippen LogP) is 5.00. The van der Waals surface area contributed by atoms with Crippen LogP contribution in [0.15, 0.2) is 72.8 Å². The van der Waals surface area contributed by atoms with Gasteiger partial charge in [-0.2, -0.15) is 0 Å². The summed E-state index contributed by atoms with van der Waals surface area (Å²) >= 11 is 12.2. The molecule has 0 aliphatic carbocycles. The summed E-state index contributed by atoms with van der Waals surface area (Å²) in [4.78, 5) is 27.5. The molecule has 0 saturated carbocycles. The van der Waals surface area contributed by atoms with Crippen LogP contribution in [0.2, 0.25) is 10.0 Å². The van der Waals surface area contributed by atoms with Crippen LogP contribution in [0, 0.1) is 0 Å². The Hall–Kier alpha value is -2.66. The first-order valence-corrected chi connectivity index (χ1v) is 9.82. The number of carbonyl (C=O) groups excluding carboxylic acids is 2. The molecule has 1 atom stereocenters. The number of halogens is 2. The van der Waals surface area contributed by atoms with E-state index in [-0.39, 0.29) is 18.7 Å². The van der Waals surface area contributed by atoms with Crippen LogP contribution in [0.3, 0.4) is 0 Å². The molecule has 4 nitrogen and oxygen atoms in total. The summed E-state index contributed by atoms with van der Waals surface area (Å²) in [6.07, 6.45) is -0.336. The van der Waals surface area contributed by atoms with Gasteiger partial charge < -0.3 is 10.0 Å². The first-order valence-electron chi connectivity index (χ1n) is 9.06. The Kier molecular flexibility index (Phi) is 5.17. The molecule has 0 saturated heterocycles. The largest absolute Gasteiger partial charge is 0.375 e. The molecule has 1 aliphatic rings. The van der Waals surface area contributed by atoms with Crippen LogP contribution in [0.25, 0.3) is 0 Å². The van der Waals surface area contributed by atoms with Crippen molar-refractivity contribution in [3.05, 3.63) is 99.5 Å². The summed E-state index contributed by atoms with van der Waals surface area (Å²) < 4.78 is 0. The lowest BCUT2D eigenvalue weighted by atomic mass is 9.88. The molecule has 6 heteroatoms. The fourth-order valence-electron chi connectivity index (χ4n) is 3.61. The number of fused-ring (bicyclic) bond motifs is 1. The third-order valence-electron chi connectivity index (χ3n) is 5.10. The Morgan fingerprint density at radius 1 is 0.966 bits per heavy atom. The average Bonchev–Trinajstić information content (AvgIpc) is 2.92. The van der Waals surface area contributed by atoms with E-state index in [0.29, 0.717) is 32.4 Å². The molecule has 0 radical (unpaired) electrons. The summed E-state index contributed by atoms with van der Waals surface area (Å²) in [6.45, 7) is 0.160. The molecule has 0 spiro atoms. The lowest BCUT2D eigenvalue weighted by molar-refractivity contribution is -0.136. The van der Waals surface area contributed by atoms with Crippen molar-refractivity contribution in [1.82, 2.24) is 0 Å². The highest BCUT2D eigenvalue weighted by atomic mass is 35.5. The second-order valence-corrected chi connectivity index (χ2v) is 7.81. The Morgan fingerprint density at radius 2 is 1.66 bits per heavy atom. The zero-order valence-corrected chi connectivity index (χ0v) is 16.8. The minimum Gasteiger partial charge on any atom is -0.375 e. The number of amides is 1. The van der Waals surface area contributed by atoms with Gasteiger partial charge in [-0.1, -0.05) is 77.8 Å². The standard InChI is InChI=1S/C23H17Cl2NO3/c24-17-11-10-16(19(25)12-17)14-26-20-9-5-4-8-18(20)23(29,22(26)28)13-21(27)15-6-2-1-3-7-15/h1-12,29H,13-14H2/t23-/m0/s1. The van der Waals surface area contributed by atoms with Gasteiger partial charge >= 0.3 is 0 Å². The second-order valence-electron chi connectivity index (χ2n) is 6.97. The number of rotatable bonds is 5. The van der Waals surface area contributed by atoms with Crippen molar-refractivity contribution < 1.29 is 14.7 Å². The summed E-state index contributed by atoms with van der Waals surface area (Å²) in [5, 5.41) is 12.3. The lowest BCUT2D eigenvalue weighted by Gasteiger charge is -2.23. The number of Topliss-reactive ketones (excluding diaryl/α,β-unsaturated/α-hetero) is 1.